The van der Waals surface area contributed by atoms with Crippen molar-refractivity contribution in [1.29, 1.82) is 0 Å². The van der Waals surface area contributed by atoms with Crippen LogP contribution in [0.15, 0.2) is 28.8 Å². The number of aromatic nitrogens is 1. The molecule has 0 fully saturated rings. The first kappa shape index (κ1) is 16.6. The van der Waals surface area contributed by atoms with E-state index in [1.54, 1.807) is 19.2 Å². The lowest BCUT2D eigenvalue weighted by Gasteiger charge is -2.35. The fourth-order valence-electron chi connectivity index (χ4n) is 3.31. The van der Waals surface area contributed by atoms with Gasteiger partial charge in [0.15, 0.2) is 0 Å². The Morgan fingerprint density at radius 3 is 2.92 bits per heavy atom. The van der Waals surface area contributed by atoms with E-state index in [1.165, 1.54) is 5.56 Å². The number of anilines is 1. The Hall–Kier alpha value is -2.30. The topological polar surface area (TPSA) is 64.4 Å². The summed E-state index contributed by atoms with van der Waals surface area (Å²) >= 11 is 0. The van der Waals surface area contributed by atoms with Crippen molar-refractivity contribution in [2.75, 3.05) is 11.9 Å². The number of furan rings is 1. The van der Waals surface area contributed by atoms with Gasteiger partial charge >= 0.3 is 5.97 Å². The summed E-state index contributed by atoms with van der Waals surface area (Å²) in [6, 6.07) is 5.82. The number of ether oxygens (including phenoxy) is 1. The third-order valence-corrected chi connectivity index (χ3v) is 4.33. The number of carbonyl (C=O) groups excluding carboxylic acids is 1. The lowest BCUT2D eigenvalue weighted by atomic mass is 9.75. The van der Waals surface area contributed by atoms with Crippen molar-refractivity contribution in [2.45, 2.75) is 46.6 Å². The molecule has 1 atom stereocenters. The maximum absolute atomic E-state index is 11.7. The average Bonchev–Trinajstić information content (AvgIpc) is 2.87. The SMILES string of the molecule is CCOC(=O)c1ccc(NC2CC(C)(C)Cc3oc(C)cc32)nc1. The molecule has 0 saturated heterocycles. The summed E-state index contributed by atoms with van der Waals surface area (Å²) < 4.78 is 10.8. The maximum atomic E-state index is 11.7. The van der Waals surface area contributed by atoms with Crippen LogP contribution in [0.5, 0.6) is 0 Å². The van der Waals surface area contributed by atoms with Crippen molar-refractivity contribution in [3.63, 3.8) is 0 Å². The Labute approximate surface area is 142 Å². The molecule has 3 rings (SSSR count). The number of fused-ring (bicyclic) bond motifs is 1. The monoisotopic (exact) mass is 328 g/mol. The normalized spacial score (nSPS) is 18.8. The molecule has 0 aromatic carbocycles. The summed E-state index contributed by atoms with van der Waals surface area (Å²) in [5.74, 6) is 2.40. The molecular weight excluding hydrogens is 304 g/mol. The average molecular weight is 328 g/mol. The molecule has 0 amide bonds. The molecule has 2 aromatic rings. The van der Waals surface area contributed by atoms with E-state index in [9.17, 15) is 4.79 Å². The van der Waals surface area contributed by atoms with Gasteiger partial charge in [-0.1, -0.05) is 13.8 Å². The molecule has 1 aliphatic carbocycles. The van der Waals surface area contributed by atoms with Crippen LogP contribution in [-0.2, 0) is 11.2 Å². The molecule has 5 heteroatoms. The van der Waals surface area contributed by atoms with E-state index in [1.807, 2.05) is 13.0 Å². The zero-order valence-corrected chi connectivity index (χ0v) is 14.7. The fourth-order valence-corrected chi connectivity index (χ4v) is 3.31. The van der Waals surface area contributed by atoms with E-state index in [0.29, 0.717) is 12.2 Å². The van der Waals surface area contributed by atoms with Gasteiger partial charge in [0.2, 0.25) is 0 Å². The number of pyridine rings is 1. The van der Waals surface area contributed by atoms with Gasteiger partial charge in [0.25, 0.3) is 0 Å². The first-order valence-corrected chi connectivity index (χ1v) is 8.37. The predicted octanol–water partition coefficient (Wildman–Crippen LogP) is 4.29. The standard InChI is InChI=1S/C19H24N2O3/c1-5-23-18(22)13-6-7-17(20-11-13)21-15-9-19(3,4)10-16-14(15)8-12(2)24-16/h6-8,11,15H,5,9-10H2,1-4H3,(H,20,21). The van der Waals surface area contributed by atoms with Crippen LogP contribution in [0, 0.1) is 12.3 Å². The second-order valence-corrected chi connectivity index (χ2v) is 7.13. The molecule has 0 aliphatic heterocycles. The number of hydrogen-bond donors (Lipinski definition) is 1. The van der Waals surface area contributed by atoms with Crippen molar-refractivity contribution < 1.29 is 13.9 Å². The predicted molar refractivity (Wildman–Crippen MR) is 92.1 cm³/mol. The highest BCUT2D eigenvalue weighted by molar-refractivity contribution is 5.89. The molecule has 0 saturated carbocycles. The van der Waals surface area contributed by atoms with Crippen LogP contribution in [-0.4, -0.2) is 17.6 Å². The lowest BCUT2D eigenvalue weighted by Crippen LogP contribution is -2.28. The Kier molecular flexibility index (Phi) is 4.35. The highest BCUT2D eigenvalue weighted by atomic mass is 16.5. The van der Waals surface area contributed by atoms with Crippen LogP contribution in [0.25, 0.3) is 0 Å². The summed E-state index contributed by atoms with van der Waals surface area (Å²) in [4.78, 5) is 16.1. The van der Waals surface area contributed by atoms with Crippen molar-refractivity contribution >= 4 is 11.8 Å². The lowest BCUT2D eigenvalue weighted by molar-refractivity contribution is 0.0526. The van der Waals surface area contributed by atoms with Gasteiger partial charge in [-0.2, -0.15) is 0 Å². The minimum atomic E-state index is -0.344. The Bertz CT molecular complexity index is 732. The van der Waals surface area contributed by atoms with Gasteiger partial charge < -0.3 is 14.5 Å². The van der Waals surface area contributed by atoms with Gasteiger partial charge in [-0.25, -0.2) is 9.78 Å². The molecule has 24 heavy (non-hydrogen) atoms. The first-order valence-electron chi connectivity index (χ1n) is 8.37. The third kappa shape index (κ3) is 3.45. The van der Waals surface area contributed by atoms with E-state index in [0.717, 1.165) is 30.2 Å². The molecule has 0 spiro atoms. The summed E-state index contributed by atoms with van der Waals surface area (Å²) in [5.41, 5.74) is 1.84. The van der Waals surface area contributed by atoms with Gasteiger partial charge in [-0.15, -0.1) is 0 Å². The van der Waals surface area contributed by atoms with E-state index < -0.39 is 0 Å². The summed E-state index contributed by atoms with van der Waals surface area (Å²) in [7, 11) is 0. The van der Waals surface area contributed by atoms with E-state index >= 15 is 0 Å². The maximum Gasteiger partial charge on any atom is 0.339 e. The highest BCUT2D eigenvalue weighted by Crippen LogP contribution is 2.43. The van der Waals surface area contributed by atoms with Crippen molar-refractivity contribution in [3.05, 3.63) is 47.0 Å². The Morgan fingerprint density at radius 2 is 2.25 bits per heavy atom. The van der Waals surface area contributed by atoms with Crippen LogP contribution in [0.2, 0.25) is 0 Å². The van der Waals surface area contributed by atoms with Crippen molar-refractivity contribution in [3.8, 4) is 0 Å². The minimum Gasteiger partial charge on any atom is -0.466 e. The second-order valence-electron chi connectivity index (χ2n) is 7.13. The van der Waals surface area contributed by atoms with Gasteiger partial charge in [0, 0.05) is 18.2 Å². The number of esters is 1. The van der Waals surface area contributed by atoms with Crippen molar-refractivity contribution in [2.24, 2.45) is 5.41 Å². The number of hydrogen-bond acceptors (Lipinski definition) is 5. The quantitative estimate of drug-likeness (QED) is 0.848. The summed E-state index contributed by atoms with van der Waals surface area (Å²) in [6.45, 7) is 8.63. The molecule has 5 nitrogen and oxygen atoms in total. The molecular formula is C19H24N2O3. The van der Waals surface area contributed by atoms with E-state index in [2.05, 4.69) is 30.2 Å². The van der Waals surface area contributed by atoms with Crippen LogP contribution in [0.4, 0.5) is 5.82 Å². The molecule has 1 aliphatic rings. The number of nitrogens with one attached hydrogen (secondary N) is 1. The molecule has 2 heterocycles. The van der Waals surface area contributed by atoms with Gasteiger partial charge in [-0.05, 0) is 43.9 Å². The van der Waals surface area contributed by atoms with Gasteiger partial charge in [0.1, 0.15) is 17.3 Å². The largest absolute Gasteiger partial charge is 0.466 e. The zero-order chi connectivity index (χ0) is 17.3. The Morgan fingerprint density at radius 1 is 1.46 bits per heavy atom. The number of nitrogens with zero attached hydrogens (tertiary/aromatic N) is 1. The minimum absolute atomic E-state index is 0.155. The zero-order valence-electron chi connectivity index (χ0n) is 14.7. The molecule has 2 aromatic heterocycles. The van der Waals surface area contributed by atoms with E-state index in [-0.39, 0.29) is 17.4 Å². The van der Waals surface area contributed by atoms with Crippen LogP contribution in [0.1, 0.15) is 60.7 Å². The molecule has 1 unspecified atom stereocenters. The highest BCUT2D eigenvalue weighted by Gasteiger charge is 2.35. The van der Waals surface area contributed by atoms with E-state index in [4.69, 9.17) is 9.15 Å². The summed E-state index contributed by atoms with van der Waals surface area (Å²) in [5, 5.41) is 3.48. The number of carbonyl (C=O) groups is 1. The second kappa shape index (κ2) is 6.30. The summed E-state index contributed by atoms with van der Waals surface area (Å²) in [6.07, 6.45) is 3.50. The Balaban J connectivity index is 1.79. The molecule has 0 bridgehead atoms. The van der Waals surface area contributed by atoms with Crippen LogP contribution in [0.3, 0.4) is 0 Å². The molecule has 0 radical (unpaired) electrons. The molecule has 128 valence electrons. The third-order valence-electron chi connectivity index (χ3n) is 4.33. The smallest absolute Gasteiger partial charge is 0.339 e. The first-order chi connectivity index (χ1) is 11.4. The number of aryl methyl sites for hydroxylation is 1. The van der Waals surface area contributed by atoms with Gasteiger partial charge in [-0.3, -0.25) is 0 Å². The van der Waals surface area contributed by atoms with Crippen molar-refractivity contribution in [1.82, 2.24) is 4.98 Å². The number of rotatable bonds is 4. The van der Waals surface area contributed by atoms with Gasteiger partial charge in [0.05, 0.1) is 18.2 Å². The fraction of sp³-hybridized carbons (Fsp3) is 0.474. The van der Waals surface area contributed by atoms with Crippen LogP contribution >= 0.6 is 0 Å². The van der Waals surface area contributed by atoms with Crippen LogP contribution < -0.4 is 5.32 Å². The molecule has 1 N–H and O–H groups in total.